The van der Waals surface area contributed by atoms with Gasteiger partial charge in [-0.25, -0.2) is 0 Å². The lowest BCUT2D eigenvalue weighted by molar-refractivity contribution is -0.144. The third kappa shape index (κ3) is 5.34. The number of nitrogens with one attached hydrogen (secondary N) is 1. The minimum absolute atomic E-state index is 0.0778. The summed E-state index contributed by atoms with van der Waals surface area (Å²) in [6.07, 6.45) is 0. The maximum absolute atomic E-state index is 13.5. The van der Waals surface area contributed by atoms with E-state index in [0.29, 0.717) is 24.6 Å². The molecule has 4 rings (SSSR count). The van der Waals surface area contributed by atoms with Crippen LogP contribution in [0.4, 0.5) is 0 Å². The molecule has 3 aromatic rings. The summed E-state index contributed by atoms with van der Waals surface area (Å²) >= 11 is 0. The van der Waals surface area contributed by atoms with Gasteiger partial charge in [-0.3, -0.25) is 9.59 Å². The SMILES string of the molecule is CC(C)C(=O)N(Cc1ccccc1)C(C(=O)NCc1ccc2c(c1)OCO2)c1ccccc1. The van der Waals surface area contributed by atoms with Crippen LogP contribution in [0.1, 0.15) is 36.6 Å². The lowest BCUT2D eigenvalue weighted by Crippen LogP contribution is -2.44. The molecule has 1 aliphatic rings. The Morgan fingerprint density at radius 1 is 0.879 bits per heavy atom. The Bertz CT molecular complexity index is 1100. The Morgan fingerprint density at radius 3 is 2.24 bits per heavy atom. The predicted octanol–water partition coefficient (Wildman–Crippen LogP) is 4.46. The van der Waals surface area contributed by atoms with E-state index in [4.69, 9.17) is 9.47 Å². The highest BCUT2D eigenvalue weighted by Crippen LogP contribution is 2.32. The smallest absolute Gasteiger partial charge is 0.247 e. The molecular formula is C27H28N2O4. The predicted molar refractivity (Wildman–Crippen MR) is 125 cm³/mol. The molecule has 1 N–H and O–H groups in total. The molecule has 0 spiro atoms. The minimum atomic E-state index is -0.754. The molecule has 170 valence electrons. The number of hydrogen-bond acceptors (Lipinski definition) is 4. The van der Waals surface area contributed by atoms with Crippen LogP contribution < -0.4 is 14.8 Å². The molecule has 33 heavy (non-hydrogen) atoms. The molecule has 0 aliphatic carbocycles. The van der Waals surface area contributed by atoms with Crippen molar-refractivity contribution >= 4 is 11.8 Å². The van der Waals surface area contributed by atoms with Crippen molar-refractivity contribution in [3.63, 3.8) is 0 Å². The maximum atomic E-state index is 13.5. The molecule has 0 radical (unpaired) electrons. The van der Waals surface area contributed by atoms with Crippen LogP contribution in [0, 0.1) is 5.92 Å². The van der Waals surface area contributed by atoms with Crippen molar-refractivity contribution in [2.75, 3.05) is 6.79 Å². The fraction of sp³-hybridized carbons (Fsp3) is 0.259. The van der Waals surface area contributed by atoms with E-state index in [1.54, 1.807) is 4.90 Å². The molecule has 6 nitrogen and oxygen atoms in total. The van der Waals surface area contributed by atoms with Crippen molar-refractivity contribution in [3.8, 4) is 11.5 Å². The summed E-state index contributed by atoms with van der Waals surface area (Å²) in [5.74, 6) is 0.808. The maximum Gasteiger partial charge on any atom is 0.247 e. The zero-order valence-electron chi connectivity index (χ0n) is 18.9. The van der Waals surface area contributed by atoms with Gasteiger partial charge in [0.2, 0.25) is 18.6 Å². The first-order valence-corrected chi connectivity index (χ1v) is 11.1. The van der Waals surface area contributed by atoms with E-state index in [-0.39, 0.29) is 24.5 Å². The van der Waals surface area contributed by atoms with Gasteiger partial charge in [0.1, 0.15) is 6.04 Å². The quantitative estimate of drug-likeness (QED) is 0.557. The molecule has 6 heteroatoms. The minimum Gasteiger partial charge on any atom is -0.454 e. The zero-order valence-corrected chi connectivity index (χ0v) is 18.9. The first-order chi connectivity index (χ1) is 16.0. The van der Waals surface area contributed by atoms with Gasteiger partial charge in [0.05, 0.1) is 0 Å². The molecule has 1 heterocycles. The Morgan fingerprint density at radius 2 is 1.55 bits per heavy atom. The van der Waals surface area contributed by atoms with Crippen LogP contribution in [0.5, 0.6) is 11.5 Å². The number of amides is 2. The van der Waals surface area contributed by atoms with E-state index in [1.807, 2.05) is 92.7 Å². The second-order valence-electron chi connectivity index (χ2n) is 8.33. The topological polar surface area (TPSA) is 67.9 Å². The van der Waals surface area contributed by atoms with Crippen LogP contribution in [0.2, 0.25) is 0 Å². The van der Waals surface area contributed by atoms with Crippen molar-refractivity contribution in [1.82, 2.24) is 10.2 Å². The normalized spacial score (nSPS) is 12.9. The monoisotopic (exact) mass is 444 g/mol. The molecule has 1 unspecified atom stereocenters. The fourth-order valence-corrected chi connectivity index (χ4v) is 3.85. The van der Waals surface area contributed by atoms with E-state index < -0.39 is 6.04 Å². The molecule has 1 atom stereocenters. The van der Waals surface area contributed by atoms with Gasteiger partial charge in [0, 0.05) is 19.0 Å². The number of benzene rings is 3. The van der Waals surface area contributed by atoms with Gasteiger partial charge < -0.3 is 19.7 Å². The molecule has 0 saturated heterocycles. The van der Waals surface area contributed by atoms with Crippen molar-refractivity contribution in [3.05, 3.63) is 95.6 Å². The summed E-state index contributed by atoms with van der Waals surface area (Å²) < 4.78 is 10.8. The first kappa shape index (κ1) is 22.4. The van der Waals surface area contributed by atoms with Crippen LogP contribution in [0.25, 0.3) is 0 Å². The van der Waals surface area contributed by atoms with E-state index in [0.717, 1.165) is 16.7 Å². The molecule has 2 amide bonds. The van der Waals surface area contributed by atoms with Crippen LogP contribution in [-0.2, 0) is 22.7 Å². The number of rotatable bonds is 8. The van der Waals surface area contributed by atoms with Gasteiger partial charge >= 0.3 is 0 Å². The molecule has 0 bridgehead atoms. The van der Waals surface area contributed by atoms with Crippen molar-refractivity contribution in [2.24, 2.45) is 5.92 Å². The van der Waals surface area contributed by atoms with Crippen molar-refractivity contribution in [1.29, 1.82) is 0 Å². The van der Waals surface area contributed by atoms with E-state index >= 15 is 0 Å². The highest BCUT2D eigenvalue weighted by atomic mass is 16.7. The molecule has 3 aromatic carbocycles. The first-order valence-electron chi connectivity index (χ1n) is 11.1. The molecule has 0 saturated carbocycles. The molecule has 0 aromatic heterocycles. The van der Waals surface area contributed by atoms with Crippen LogP contribution >= 0.6 is 0 Å². The Kier molecular flexibility index (Phi) is 6.93. The second kappa shape index (κ2) is 10.2. The van der Waals surface area contributed by atoms with Gasteiger partial charge in [0.25, 0.3) is 0 Å². The van der Waals surface area contributed by atoms with E-state index in [1.165, 1.54) is 0 Å². The summed E-state index contributed by atoms with van der Waals surface area (Å²) in [6, 6.07) is 24.0. The highest BCUT2D eigenvalue weighted by Gasteiger charge is 2.32. The zero-order chi connectivity index (χ0) is 23.2. The van der Waals surface area contributed by atoms with Gasteiger partial charge in [-0.15, -0.1) is 0 Å². The Labute approximate surface area is 194 Å². The summed E-state index contributed by atoms with van der Waals surface area (Å²) in [5, 5.41) is 3.02. The third-order valence-corrected chi connectivity index (χ3v) is 5.55. The second-order valence-corrected chi connectivity index (χ2v) is 8.33. The number of fused-ring (bicyclic) bond motifs is 1. The summed E-state index contributed by atoms with van der Waals surface area (Å²) in [4.78, 5) is 28.5. The van der Waals surface area contributed by atoms with Crippen LogP contribution in [0.15, 0.2) is 78.9 Å². The average molecular weight is 445 g/mol. The van der Waals surface area contributed by atoms with Gasteiger partial charge in [0.15, 0.2) is 11.5 Å². The van der Waals surface area contributed by atoms with E-state index in [9.17, 15) is 9.59 Å². The number of nitrogens with zero attached hydrogens (tertiary/aromatic N) is 1. The number of carbonyl (C=O) groups excluding carboxylic acids is 2. The number of ether oxygens (including phenoxy) is 2. The summed E-state index contributed by atoms with van der Waals surface area (Å²) in [5.41, 5.74) is 2.63. The molecule has 0 fully saturated rings. The van der Waals surface area contributed by atoms with Crippen LogP contribution in [-0.4, -0.2) is 23.5 Å². The Hall–Kier alpha value is -3.80. The summed E-state index contributed by atoms with van der Waals surface area (Å²) in [6.45, 7) is 4.56. The van der Waals surface area contributed by atoms with Crippen LogP contribution in [0.3, 0.4) is 0 Å². The highest BCUT2D eigenvalue weighted by molar-refractivity contribution is 5.89. The fourth-order valence-electron chi connectivity index (χ4n) is 3.85. The van der Waals surface area contributed by atoms with Crippen molar-refractivity contribution in [2.45, 2.75) is 33.0 Å². The van der Waals surface area contributed by atoms with Crippen molar-refractivity contribution < 1.29 is 19.1 Å². The average Bonchev–Trinajstić information content (AvgIpc) is 3.31. The standard InChI is InChI=1S/C27H28N2O4/c1-19(2)27(31)29(17-20-9-5-3-6-10-20)25(22-11-7-4-8-12-22)26(30)28-16-21-13-14-23-24(15-21)33-18-32-23/h3-15,19,25H,16-18H2,1-2H3,(H,28,30). The van der Waals surface area contributed by atoms with Gasteiger partial charge in [-0.2, -0.15) is 0 Å². The molecular weight excluding hydrogens is 416 g/mol. The Balaban J connectivity index is 1.61. The lowest BCUT2D eigenvalue weighted by atomic mass is 10.0. The summed E-state index contributed by atoms with van der Waals surface area (Å²) in [7, 11) is 0. The lowest BCUT2D eigenvalue weighted by Gasteiger charge is -2.33. The van der Waals surface area contributed by atoms with E-state index in [2.05, 4.69) is 5.32 Å². The third-order valence-electron chi connectivity index (χ3n) is 5.55. The largest absolute Gasteiger partial charge is 0.454 e. The molecule has 1 aliphatic heterocycles. The van der Waals surface area contributed by atoms with Gasteiger partial charge in [-0.1, -0.05) is 80.6 Å². The number of hydrogen-bond donors (Lipinski definition) is 1. The van der Waals surface area contributed by atoms with Gasteiger partial charge in [-0.05, 0) is 28.8 Å². The number of carbonyl (C=O) groups is 2.